The van der Waals surface area contributed by atoms with Gasteiger partial charge in [0.1, 0.15) is 0 Å². The fourth-order valence-electron chi connectivity index (χ4n) is 2.26. The molecule has 0 aliphatic heterocycles. The van der Waals surface area contributed by atoms with Crippen LogP contribution in [0, 0.1) is 0 Å². The van der Waals surface area contributed by atoms with Crippen LogP contribution in [-0.2, 0) is 13.0 Å². The molecule has 0 atom stereocenters. The standard InChI is InChI=1S/C14H13N5O2/c20-14-10-7-15-5-3-11(10)16-8-19(14)6-4-12-17-13(18-21-12)9-1-2-9/h3,5,7-9H,1-2,4,6H2. The number of hydrogen-bond donors (Lipinski definition) is 0. The van der Waals surface area contributed by atoms with Gasteiger partial charge in [0.25, 0.3) is 5.56 Å². The summed E-state index contributed by atoms with van der Waals surface area (Å²) in [5.41, 5.74) is 0.551. The number of aryl methyl sites for hydroxylation is 2. The number of nitrogens with zero attached hydrogens (tertiary/aromatic N) is 5. The zero-order valence-corrected chi connectivity index (χ0v) is 11.3. The highest BCUT2D eigenvalue weighted by Gasteiger charge is 2.28. The van der Waals surface area contributed by atoms with Gasteiger partial charge in [0.15, 0.2) is 5.82 Å². The molecule has 0 unspecified atom stereocenters. The van der Waals surface area contributed by atoms with E-state index >= 15 is 0 Å². The first-order valence-corrected chi connectivity index (χ1v) is 6.93. The summed E-state index contributed by atoms with van der Waals surface area (Å²) >= 11 is 0. The van der Waals surface area contributed by atoms with Crippen molar-refractivity contribution in [3.63, 3.8) is 0 Å². The molecule has 0 saturated heterocycles. The molecule has 3 heterocycles. The van der Waals surface area contributed by atoms with E-state index in [2.05, 4.69) is 20.1 Å². The molecule has 0 aromatic carbocycles. The molecular formula is C14H13N5O2. The lowest BCUT2D eigenvalue weighted by atomic mass is 10.3. The lowest BCUT2D eigenvalue weighted by molar-refractivity contribution is 0.366. The van der Waals surface area contributed by atoms with Crippen LogP contribution in [0.4, 0.5) is 0 Å². The molecule has 7 heteroatoms. The third-order valence-electron chi connectivity index (χ3n) is 3.62. The monoisotopic (exact) mass is 283 g/mol. The van der Waals surface area contributed by atoms with Crippen molar-refractivity contribution < 1.29 is 4.52 Å². The van der Waals surface area contributed by atoms with Crippen LogP contribution < -0.4 is 5.56 Å². The van der Waals surface area contributed by atoms with Crippen molar-refractivity contribution in [2.24, 2.45) is 0 Å². The van der Waals surface area contributed by atoms with Gasteiger partial charge in [-0.1, -0.05) is 5.16 Å². The minimum atomic E-state index is -0.102. The van der Waals surface area contributed by atoms with Crippen molar-refractivity contribution >= 4 is 10.9 Å². The second-order valence-corrected chi connectivity index (χ2v) is 5.21. The average Bonchev–Trinajstić information content (AvgIpc) is 3.26. The molecule has 1 fully saturated rings. The minimum absolute atomic E-state index is 0.102. The molecule has 1 aliphatic carbocycles. The number of aromatic nitrogens is 5. The summed E-state index contributed by atoms with van der Waals surface area (Å²) in [5.74, 6) is 1.83. The third-order valence-corrected chi connectivity index (χ3v) is 3.62. The van der Waals surface area contributed by atoms with Crippen LogP contribution >= 0.6 is 0 Å². The summed E-state index contributed by atoms with van der Waals surface area (Å²) in [5, 5.41) is 4.48. The van der Waals surface area contributed by atoms with Crippen LogP contribution in [0.5, 0.6) is 0 Å². The maximum absolute atomic E-state index is 12.3. The molecule has 1 aliphatic rings. The number of rotatable bonds is 4. The molecule has 4 rings (SSSR count). The van der Waals surface area contributed by atoms with Gasteiger partial charge in [-0.25, -0.2) is 4.98 Å². The number of hydrogen-bond acceptors (Lipinski definition) is 6. The van der Waals surface area contributed by atoms with Crippen molar-refractivity contribution in [2.75, 3.05) is 0 Å². The lowest BCUT2D eigenvalue weighted by Gasteiger charge is -2.04. The molecule has 106 valence electrons. The van der Waals surface area contributed by atoms with Gasteiger partial charge in [0.05, 0.1) is 17.2 Å². The summed E-state index contributed by atoms with van der Waals surface area (Å²) in [4.78, 5) is 24.9. The van der Waals surface area contributed by atoms with Crippen molar-refractivity contribution in [3.8, 4) is 0 Å². The Bertz CT molecular complexity index is 850. The first-order valence-electron chi connectivity index (χ1n) is 6.93. The van der Waals surface area contributed by atoms with E-state index in [4.69, 9.17) is 4.52 Å². The normalized spacial score (nSPS) is 14.7. The summed E-state index contributed by atoms with van der Waals surface area (Å²) in [6, 6.07) is 1.72. The number of fused-ring (bicyclic) bond motifs is 1. The highest BCUT2D eigenvalue weighted by Crippen LogP contribution is 2.38. The molecule has 1 saturated carbocycles. The molecule has 0 radical (unpaired) electrons. The average molecular weight is 283 g/mol. The van der Waals surface area contributed by atoms with Crippen LogP contribution in [0.25, 0.3) is 10.9 Å². The topological polar surface area (TPSA) is 86.7 Å². The zero-order chi connectivity index (χ0) is 14.2. The highest BCUT2D eigenvalue weighted by atomic mass is 16.5. The van der Waals surface area contributed by atoms with Gasteiger partial charge in [0.2, 0.25) is 5.89 Å². The largest absolute Gasteiger partial charge is 0.339 e. The molecule has 0 N–H and O–H groups in total. The second-order valence-electron chi connectivity index (χ2n) is 5.21. The molecule has 0 amide bonds. The van der Waals surface area contributed by atoms with E-state index in [1.807, 2.05) is 0 Å². The Morgan fingerprint density at radius 3 is 3.14 bits per heavy atom. The number of pyridine rings is 1. The first-order chi connectivity index (χ1) is 10.3. The van der Waals surface area contributed by atoms with Crippen LogP contribution in [0.15, 0.2) is 34.1 Å². The lowest BCUT2D eigenvalue weighted by Crippen LogP contribution is -2.21. The molecule has 0 spiro atoms. The second kappa shape index (κ2) is 4.76. The smallest absolute Gasteiger partial charge is 0.262 e. The van der Waals surface area contributed by atoms with Crippen LogP contribution in [0.1, 0.15) is 30.5 Å². The predicted molar refractivity (Wildman–Crippen MR) is 73.8 cm³/mol. The van der Waals surface area contributed by atoms with Crippen LogP contribution in [-0.4, -0.2) is 24.7 Å². The summed E-state index contributed by atoms with van der Waals surface area (Å²) in [7, 11) is 0. The van der Waals surface area contributed by atoms with Gasteiger partial charge in [-0.15, -0.1) is 0 Å². The van der Waals surface area contributed by atoms with Crippen molar-refractivity contribution in [1.29, 1.82) is 0 Å². The van der Waals surface area contributed by atoms with E-state index in [0.717, 1.165) is 18.7 Å². The van der Waals surface area contributed by atoms with Crippen LogP contribution in [0.3, 0.4) is 0 Å². The molecule has 3 aromatic rings. The van der Waals surface area contributed by atoms with E-state index in [0.29, 0.717) is 35.7 Å². The van der Waals surface area contributed by atoms with Crippen molar-refractivity contribution in [2.45, 2.75) is 31.7 Å². The Labute approximate surface area is 119 Å². The fraction of sp³-hybridized carbons (Fsp3) is 0.357. The van der Waals surface area contributed by atoms with Gasteiger partial charge in [-0.05, 0) is 18.9 Å². The molecule has 21 heavy (non-hydrogen) atoms. The van der Waals surface area contributed by atoms with E-state index in [1.54, 1.807) is 29.4 Å². The fourth-order valence-corrected chi connectivity index (χ4v) is 2.26. The van der Waals surface area contributed by atoms with E-state index < -0.39 is 0 Å². The summed E-state index contributed by atoms with van der Waals surface area (Å²) < 4.78 is 6.75. The molecule has 0 bridgehead atoms. The summed E-state index contributed by atoms with van der Waals surface area (Å²) in [6.45, 7) is 0.461. The zero-order valence-electron chi connectivity index (χ0n) is 11.3. The maximum Gasteiger partial charge on any atom is 0.262 e. The van der Waals surface area contributed by atoms with Crippen molar-refractivity contribution in [1.82, 2.24) is 24.7 Å². The maximum atomic E-state index is 12.3. The Balaban J connectivity index is 1.56. The van der Waals surface area contributed by atoms with Gasteiger partial charge < -0.3 is 4.52 Å². The highest BCUT2D eigenvalue weighted by molar-refractivity contribution is 5.75. The Morgan fingerprint density at radius 2 is 2.29 bits per heavy atom. The third kappa shape index (κ3) is 2.31. The Kier molecular flexibility index (Phi) is 2.77. The SMILES string of the molecule is O=c1c2cnccc2ncn1CCc1nc(C2CC2)no1. The van der Waals surface area contributed by atoms with Gasteiger partial charge in [-0.2, -0.15) is 4.98 Å². The van der Waals surface area contributed by atoms with E-state index in [1.165, 1.54) is 0 Å². The van der Waals surface area contributed by atoms with Gasteiger partial charge in [0, 0.05) is 31.3 Å². The van der Waals surface area contributed by atoms with Crippen LogP contribution in [0.2, 0.25) is 0 Å². The minimum Gasteiger partial charge on any atom is -0.339 e. The Hall–Kier alpha value is -2.57. The van der Waals surface area contributed by atoms with E-state index in [-0.39, 0.29) is 5.56 Å². The quantitative estimate of drug-likeness (QED) is 0.717. The predicted octanol–water partition coefficient (Wildman–Crippen LogP) is 1.29. The van der Waals surface area contributed by atoms with Crippen molar-refractivity contribution in [3.05, 3.63) is 46.9 Å². The molecule has 7 nitrogen and oxygen atoms in total. The van der Waals surface area contributed by atoms with Gasteiger partial charge >= 0.3 is 0 Å². The molecular weight excluding hydrogens is 270 g/mol. The molecule has 3 aromatic heterocycles. The van der Waals surface area contributed by atoms with E-state index in [9.17, 15) is 4.79 Å². The summed E-state index contributed by atoms with van der Waals surface area (Å²) in [6.07, 6.45) is 7.51. The Morgan fingerprint density at radius 1 is 1.38 bits per heavy atom. The van der Waals surface area contributed by atoms with Gasteiger partial charge in [-0.3, -0.25) is 14.3 Å². The first kappa shape index (κ1) is 12.2.